The lowest BCUT2D eigenvalue weighted by Gasteiger charge is -2.20. The average molecular weight is 814 g/mol. The van der Waals surface area contributed by atoms with Gasteiger partial charge in [-0.2, -0.15) is 0 Å². The zero-order chi connectivity index (χ0) is 41.2. The van der Waals surface area contributed by atoms with Gasteiger partial charge >= 0.3 is 19.8 Å². The minimum atomic E-state index is -4.62. The van der Waals surface area contributed by atoms with E-state index in [4.69, 9.17) is 29.4 Å². The summed E-state index contributed by atoms with van der Waals surface area (Å²) in [7, 11) is -4.62. The van der Waals surface area contributed by atoms with Crippen molar-refractivity contribution in [2.45, 2.75) is 212 Å². The van der Waals surface area contributed by atoms with E-state index in [9.17, 15) is 19.0 Å². The molecule has 11 heteroatoms. The molecule has 0 fully saturated rings. The van der Waals surface area contributed by atoms with Gasteiger partial charge in [-0.05, 0) is 70.6 Å². The number of hydrogen-bond donors (Lipinski definition) is 3. The molecule has 0 bridgehead atoms. The smallest absolute Gasteiger partial charge is 0.472 e. The second-order valence-electron chi connectivity index (χ2n) is 15.2. The first kappa shape index (κ1) is 54.2. The van der Waals surface area contributed by atoms with Gasteiger partial charge < -0.3 is 25.2 Å². The fourth-order valence-electron chi connectivity index (χ4n) is 6.10. The van der Waals surface area contributed by atoms with Gasteiger partial charge in [0.05, 0.1) is 19.8 Å². The fourth-order valence-corrected chi connectivity index (χ4v) is 6.88. The molecule has 0 aromatic carbocycles. The molecule has 56 heavy (non-hydrogen) atoms. The molecule has 0 spiro atoms. The molecule has 0 aliphatic rings. The van der Waals surface area contributed by atoms with Gasteiger partial charge in [-0.25, -0.2) is 4.57 Å². The monoisotopic (exact) mass is 814 g/mol. The van der Waals surface area contributed by atoms with Gasteiger partial charge in [0.15, 0.2) is 0 Å². The number of carboxylic acid groups (broad SMARTS) is 1. The quantitative estimate of drug-likeness (QED) is 0.0234. The Kier molecular flexibility index (Phi) is 40.0. The zero-order valence-corrected chi connectivity index (χ0v) is 36.6. The van der Waals surface area contributed by atoms with Crippen LogP contribution in [0.3, 0.4) is 0 Å². The van der Waals surface area contributed by atoms with Crippen LogP contribution < -0.4 is 5.73 Å². The van der Waals surface area contributed by atoms with Gasteiger partial charge in [0.25, 0.3) is 0 Å². The predicted molar refractivity (Wildman–Crippen MR) is 231 cm³/mol. The number of unbranched alkanes of at least 4 members (excludes halogenated alkanes) is 23. The number of allylic oxidation sites excluding steroid dienone is 6. The first-order chi connectivity index (χ1) is 27.2. The summed E-state index contributed by atoms with van der Waals surface area (Å²) >= 11 is 0. The van der Waals surface area contributed by atoms with E-state index in [1.54, 1.807) is 0 Å². The number of aliphatic carboxylic acids is 1. The summed E-state index contributed by atoms with van der Waals surface area (Å²) in [4.78, 5) is 33.5. The van der Waals surface area contributed by atoms with Crippen molar-refractivity contribution in [2.24, 2.45) is 5.73 Å². The molecule has 3 atom stereocenters. The number of nitrogens with two attached hydrogens (primary N) is 1. The van der Waals surface area contributed by atoms with Crippen LogP contribution in [-0.2, 0) is 32.7 Å². The van der Waals surface area contributed by atoms with Gasteiger partial charge in [-0.3, -0.25) is 18.6 Å². The van der Waals surface area contributed by atoms with Crippen LogP contribution in [0, 0.1) is 0 Å². The maximum Gasteiger partial charge on any atom is 0.472 e. The first-order valence-electron chi connectivity index (χ1n) is 22.5. The van der Waals surface area contributed by atoms with Crippen molar-refractivity contribution in [3.8, 4) is 0 Å². The number of phosphoric acid groups is 1. The van der Waals surface area contributed by atoms with E-state index in [0.717, 1.165) is 64.2 Å². The van der Waals surface area contributed by atoms with Crippen LogP contribution in [0.2, 0.25) is 0 Å². The van der Waals surface area contributed by atoms with Crippen molar-refractivity contribution in [2.75, 3.05) is 26.4 Å². The third kappa shape index (κ3) is 40.4. The molecule has 0 amide bonds. The maximum absolute atomic E-state index is 12.6. The second kappa shape index (κ2) is 41.4. The largest absolute Gasteiger partial charge is 0.480 e. The molecule has 0 radical (unpaired) electrons. The van der Waals surface area contributed by atoms with Crippen molar-refractivity contribution >= 4 is 19.8 Å². The summed E-state index contributed by atoms with van der Waals surface area (Å²) < 4.78 is 33.4. The molecule has 0 aromatic heterocycles. The molecule has 328 valence electrons. The van der Waals surface area contributed by atoms with Gasteiger partial charge in [-0.15, -0.1) is 0 Å². The van der Waals surface area contributed by atoms with E-state index in [2.05, 4.69) is 50.3 Å². The minimum absolute atomic E-state index is 0.0105. The standard InChI is InChI=1S/C45H84NO9P/c1-3-5-7-9-11-13-15-17-19-21-22-24-26-28-30-32-34-36-38-52-39-42(40-53-56(50,51)54-41-43(46)45(48)49)55-44(47)37-35-33-31-29-27-25-23-20-18-16-14-12-10-8-6-4-2/h11,13,17,19-20,23,42-43H,3-10,12,14-16,18,21-22,24-41,46H2,1-2H3,(H,48,49)(H,50,51)/b13-11-,19-17-,23-20-. The summed E-state index contributed by atoms with van der Waals surface area (Å²) in [5.41, 5.74) is 5.36. The summed E-state index contributed by atoms with van der Waals surface area (Å²) in [5, 5.41) is 8.90. The molecule has 4 N–H and O–H groups in total. The van der Waals surface area contributed by atoms with Crippen LogP contribution in [0.15, 0.2) is 36.5 Å². The first-order valence-corrected chi connectivity index (χ1v) is 24.0. The van der Waals surface area contributed by atoms with Crippen LogP contribution in [0.1, 0.15) is 200 Å². The van der Waals surface area contributed by atoms with Gasteiger partial charge in [0, 0.05) is 13.0 Å². The highest BCUT2D eigenvalue weighted by Gasteiger charge is 2.27. The summed E-state index contributed by atoms with van der Waals surface area (Å²) in [6, 6.07) is -1.47. The lowest BCUT2D eigenvalue weighted by atomic mass is 10.1. The number of carbonyl (C=O) groups is 2. The SMILES string of the molecule is CCCCC/C=C\C/C=C\CCCCCCCCCCOCC(COP(=O)(O)OCC(N)C(=O)O)OC(=O)CCCCCCC/C=C\CCCCCCCCC. The normalized spacial score (nSPS) is 14.2. The Hall–Kier alpha value is -1.81. The number of hydrogen-bond acceptors (Lipinski definition) is 8. The van der Waals surface area contributed by atoms with Crippen molar-refractivity contribution in [1.82, 2.24) is 0 Å². The molecule has 0 aliphatic heterocycles. The van der Waals surface area contributed by atoms with E-state index in [0.29, 0.717) is 13.0 Å². The fraction of sp³-hybridized carbons (Fsp3) is 0.822. The lowest BCUT2D eigenvalue weighted by Crippen LogP contribution is -2.34. The molecule has 3 unspecified atom stereocenters. The Labute approximate surface area is 342 Å². The third-order valence-electron chi connectivity index (χ3n) is 9.64. The predicted octanol–water partition coefficient (Wildman–Crippen LogP) is 12.5. The minimum Gasteiger partial charge on any atom is -0.480 e. The zero-order valence-electron chi connectivity index (χ0n) is 35.7. The van der Waals surface area contributed by atoms with Crippen LogP contribution in [-0.4, -0.2) is 60.5 Å². The number of carbonyl (C=O) groups excluding carboxylic acids is 1. The summed E-state index contributed by atoms with van der Waals surface area (Å²) in [6.45, 7) is 3.84. The Morgan fingerprint density at radius 1 is 0.571 bits per heavy atom. The Bertz CT molecular complexity index is 1040. The highest BCUT2D eigenvalue weighted by molar-refractivity contribution is 7.47. The van der Waals surface area contributed by atoms with Crippen LogP contribution in [0.25, 0.3) is 0 Å². The van der Waals surface area contributed by atoms with E-state index in [1.807, 2.05) is 0 Å². The van der Waals surface area contributed by atoms with E-state index >= 15 is 0 Å². The van der Waals surface area contributed by atoms with E-state index in [-0.39, 0.29) is 13.0 Å². The van der Waals surface area contributed by atoms with Crippen molar-refractivity contribution in [3.63, 3.8) is 0 Å². The molecule has 0 heterocycles. The topological polar surface area (TPSA) is 155 Å². The van der Waals surface area contributed by atoms with Gasteiger partial charge in [0.2, 0.25) is 0 Å². The molecule has 10 nitrogen and oxygen atoms in total. The highest BCUT2D eigenvalue weighted by Crippen LogP contribution is 2.43. The number of ether oxygens (including phenoxy) is 2. The number of phosphoric ester groups is 1. The number of rotatable bonds is 43. The van der Waals surface area contributed by atoms with Crippen LogP contribution in [0.5, 0.6) is 0 Å². The molecular weight excluding hydrogens is 729 g/mol. The summed E-state index contributed by atoms with van der Waals surface area (Å²) in [6.07, 6.45) is 46.2. The lowest BCUT2D eigenvalue weighted by molar-refractivity contribution is -0.154. The Balaban J connectivity index is 4.24. The Morgan fingerprint density at radius 2 is 0.982 bits per heavy atom. The highest BCUT2D eigenvalue weighted by atomic mass is 31.2. The molecule has 0 aromatic rings. The Morgan fingerprint density at radius 3 is 1.50 bits per heavy atom. The van der Waals surface area contributed by atoms with Crippen molar-refractivity contribution in [1.29, 1.82) is 0 Å². The molecule has 0 saturated heterocycles. The molecule has 0 aliphatic carbocycles. The van der Waals surface area contributed by atoms with Crippen LogP contribution >= 0.6 is 7.82 Å². The maximum atomic E-state index is 12.6. The van der Waals surface area contributed by atoms with Crippen LogP contribution in [0.4, 0.5) is 0 Å². The number of carboxylic acids is 1. The second-order valence-corrected chi connectivity index (χ2v) is 16.6. The van der Waals surface area contributed by atoms with E-state index < -0.39 is 45.1 Å². The van der Waals surface area contributed by atoms with Gasteiger partial charge in [-0.1, -0.05) is 159 Å². The van der Waals surface area contributed by atoms with Crippen molar-refractivity contribution < 1.29 is 42.7 Å². The summed E-state index contributed by atoms with van der Waals surface area (Å²) in [5.74, 6) is -1.79. The molecule has 0 saturated carbocycles. The average Bonchev–Trinajstić information content (AvgIpc) is 3.18. The van der Waals surface area contributed by atoms with Crippen molar-refractivity contribution in [3.05, 3.63) is 36.5 Å². The van der Waals surface area contributed by atoms with Gasteiger partial charge in [0.1, 0.15) is 12.1 Å². The van der Waals surface area contributed by atoms with E-state index in [1.165, 1.54) is 109 Å². The third-order valence-corrected chi connectivity index (χ3v) is 10.6. The molecule has 0 rings (SSSR count). The molecular formula is C45H84NO9P. The number of esters is 1.